The molecule has 0 N–H and O–H groups in total. The molecule has 0 fully saturated rings. The number of nitrogens with zero attached hydrogens (tertiary/aromatic N) is 9. The van der Waals surface area contributed by atoms with Crippen molar-refractivity contribution in [2.45, 2.75) is 10.1 Å². The van der Waals surface area contributed by atoms with Crippen molar-refractivity contribution in [1.29, 1.82) is 0 Å². The summed E-state index contributed by atoms with van der Waals surface area (Å²) in [5.74, 6) is 0. The van der Waals surface area contributed by atoms with Gasteiger partial charge in [-0.2, -0.15) is 19.8 Å². The van der Waals surface area contributed by atoms with Gasteiger partial charge in [0.25, 0.3) is 0 Å². The summed E-state index contributed by atoms with van der Waals surface area (Å²) >= 11 is 1.52. The zero-order chi connectivity index (χ0) is 21.7. The molecule has 0 aliphatic carbocycles. The molecular formula is C22H17N9S. The van der Waals surface area contributed by atoms with Crippen molar-refractivity contribution >= 4 is 28.3 Å². The van der Waals surface area contributed by atoms with Crippen molar-refractivity contribution in [1.82, 2.24) is 44.4 Å². The molecule has 9 nitrogen and oxygen atoms in total. The lowest BCUT2D eigenvalue weighted by atomic mass is 10.1. The first-order chi connectivity index (χ1) is 15.6. The predicted octanol–water partition coefficient (Wildman–Crippen LogP) is 3.62. The van der Waals surface area contributed by atoms with Gasteiger partial charge in [-0.25, -0.2) is 0 Å². The van der Waals surface area contributed by atoms with Crippen LogP contribution >= 0.6 is 11.8 Å². The third-order valence-electron chi connectivity index (χ3n) is 5.13. The summed E-state index contributed by atoms with van der Waals surface area (Å²) < 4.78 is 5.31. The smallest absolute Gasteiger partial charge is 0.217 e. The van der Waals surface area contributed by atoms with Crippen LogP contribution in [0.2, 0.25) is 0 Å². The summed E-state index contributed by atoms with van der Waals surface area (Å²) in [7, 11) is 3.79. The van der Waals surface area contributed by atoms with Crippen LogP contribution in [0.15, 0.2) is 77.4 Å². The fraction of sp³-hybridized carbons (Fsp3) is 0.0909. The van der Waals surface area contributed by atoms with E-state index in [9.17, 15) is 0 Å². The second-order valence-electron chi connectivity index (χ2n) is 7.46. The van der Waals surface area contributed by atoms with Gasteiger partial charge in [-0.05, 0) is 48.2 Å². The molecule has 6 aromatic rings. The molecule has 1 aromatic carbocycles. The summed E-state index contributed by atoms with van der Waals surface area (Å²) in [6, 6.07) is 12.1. The van der Waals surface area contributed by atoms with Crippen LogP contribution in [0.5, 0.6) is 0 Å². The van der Waals surface area contributed by atoms with Crippen LogP contribution in [0, 0.1) is 0 Å². The number of fused-ring (bicyclic) bond motifs is 2. The van der Waals surface area contributed by atoms with E-state index in [2.05, 4.69) is 37.5 Å². The topological polar surface area (TPSA) is 91.6 Å². The van der Waals surface area contributed by atoms with Crippen LogP contribution in [0.25, 0.3) is 38.9 Å². The predicted molar refractivity (Wildman–Crippen MR) is 121 cm³/mol. The Hall–Kier alpha value is -4.05. The Kier molecular flexibility index (Phi) is 4.25. The summed E-state index contributed by atoms with van der Waals surface area (Å²) in [6.07, 6.45) is 9.43. The van der Waals surface area contributed by atoms with Crippen molar-refractivity contribution in [3.63, 3.8) is 0 Å². The number of hydrogen-bond acceptors (Lipinski definition) is 7. The number of benzene rings is 1. The molecule has 156 valence electrons. The number of pyridine rings is 1. The molecule has 0 saturated carbocycles. The van der Waals surface area contributed by atoms with Gasteiger partial charge in [0.1, 0.15) is 0 Å². The van der Waals surface area contributed by atoms with Crippen molar-refractivity contribution in [2.75, 3.05) is 0 Å². The summed E-state index contributed by atoms with van der Waals surface area (Å²) in [5.41, 5.74) is 5.46. The van der Waals surface area contributed by atoms with Crippen molar-refractivity contribution in [3.05, 3.63) is 67.4 Å². The van der Waals surface area contributed by atoms with Crippen molar-refractivity contribution in [3.8, 4) is 22.4 Å². The molecule has 0 aliphatic rings. The Bertz CT molecular complexity index is 1590. The van der Waals surface area contributed by atoms with Gasteiger partial charge in [-0.15, -0.1) is 10.2 Å². The van der Waals surface area contributed by atoms with E-state index in [0.717, 1.165) is 38.2 Å². The fourth-order valence-corrected chi connectivity index (χ4v) is 4.38. The number of aryl methyl sites for hydroxylation is 2. The average Bonchev–Trinajstić information content (AvgIpc) is 3.53. The van der Waals surface area contributed by atoms with E-state index in [4.69, 9.17) is 5.10 Å². The maximum atomic E-state index is 4.73. The second kappa shape index (κ2) is 7.27. The molecule has 0 aliphatic heterocycles. The Labute approximate surface area is 186 Å². The average molecular weight is 440 g/mol. The van der Waals surface area contributed by atoms with Crippen LogP contribution < -0.4 is 0 Å². The van der Waals surface area contributed by atoms with Crippen LogP contribution in [0.3, 0.4) is 0 Å². The summed E-state index contributed by atoms with van der Waals surface area (Å²) in [6.45, 7) is 0. The highest BCUT2D eigenvalue weighted by molar-refractivity contribution is 7.99. The standard InChI is InChI=1S/C22H17N9S/c1-29-12-16(10-24-29)15-7-14-8-18(3-4-19(14)23-9-15)32-22-27-26-21-6-5-20(28-31(21)22)17-11-25-30(2)13-17/h3-13H,1-2H3. The van der Waals surface area contributed by atoms with Crippen LogP contribution in [-0.2, 0) is 14.1 Å². The van der Waals surface area contributed by atoms with Gasteiger partial charge in [0.05, 0.1) is 23.6 Å². The van der Waals surface area contributed by atoms with Crippen LogP contribution in [0.1, 0.15) is 0 Å². The molecule has 32 heavy (non-hydrogen) atoms. The lowest BCUT2D eigenvalue weighted by molar-refractivity contribution is 0.767. The van der Waals surface area contributed by atoms with Crippen molar-refractivity contribution < 1.29 is 0 Å². The summed E-state index contributed by atoms with van der Waals surface area (Å²) in [4.78, 5) is 5.64. The fourth-order valence-electron chi connectivity index (χ4n) is 3.55. The SMILES string of the molecule is Cn1cc(-c2cnc3ccc(Sc4nnc5ccc(-c6cnn(C)c6)nn45)cc3c2)cn1. The van der Waals surface area contributed by atoms with Gasteiger partial charge in [0.2, 0.25) is 5.16 Å². The van der Waals surface area contributed by atoms with Gasteiger partial charge in [-0.3, -0.25) is 14.3 Å². The molecule has 0 unspecified atom stereocenters. The van der Waals surface area contributed by atoms with Gasteiger partial charge >= 0.3 is 0 Å². The molecule has 0 spiro atoms. The highest BCUT2D eigenvalue weighted by Crippen LogP contribution is 2.30. The maximum absolute atomic E-state index is 4.73. The minimum atomic E-state index is 0.696. The third-order valence-corrected chi connectivity index (χ3v) is 6.06. The molecular weight excluding hydrogens is 422 g/mol. The van der Waals surface area contributed by atoms with Crippen LogP contribution in [-0.4, -0.2) is 44.4 Å². The molecule has 0 radical (unpaired) electrons. The quantitative estimate of drug-likeness (QED) is 0.414. The molecule has 5 heterocycles. The first-order valence-electron chi connectivity index (χ1n) is 9.90. The molecule has 0 saturated heterocycles. The lowest BCUT2D eigenvalue weighted by Crippen LogP contribution is -1.96. The van der Waals surface area contributed by atoms with E-state index >= 15 is 0 Å². The summed E-state index contributed by atoms with van der Waals surface area (Å²) in [5, 5.41) is 23.6. The lowest BCUT2D eigenvalue weighted by Gasteiger charge is -2.05. The highest BCUT2D eigenvalue weighted by atomic mass is 32.2. The Morgan fingerprint density at radius 2 is 1.59 bits per heavy atom. The molecule has 0 amide bonds. The van der Waals surface area contributed by atoms with Gasteiger partial charge in [0, 0.05) is 59.7 Å². The minimum absolute atomic E-state index is 0.696. The first kappa shape index (κ1) is 18.7. The monoisotopic (exact) mass is 439 g/mol. The maximum Gasteiger partial charge on any atom is 0.217 e. The Morgan fingerprint density at radius 1 is 0.781 bits per heavy atom. The normalized spacial score (nSPS) is 11.6. The van der Waals surface area contributed by atoms with Gasteiger partial charge in [-0.1, -0.05) is 0 Å². The number of hydrogen-bond donors (Lipinski definition) is 0. The zero-order valence-electron chi connectivity index (χ0n) is 17.3. The highest BCUT2D eigenvalue weighted by Gasteiger charge is 2.12. The Morgan fingerprint density at radius 3 is 2.38 bits per heavy atom. The first-order valence-corrected chi connectivity index (χ1v) is 10.7. The van der Waals surface area contributed by atoms with Crippen LogP contribution in [0.4, 0.5) is 0 Å². The molecule has 6 rings (SSSR count). The molecule has 10 heteroatoms. The van der Waals surface area contributed by atoms with E-state index in [0.29, 0.717) is 10.8 Å². The van der Waals surface area contributed by atoms with E-state index in [1.807, 2.05) is 63.1 Å². The third kappa shape index (κ3) is 3.30. The van der Waals surface area contributed by atoms with E-state index in [1.165, 1.54) is 11.8 Å². The number of rotatable bonds is 4. The molecule has 0 atom stereocenters. The van der Waals surface area contributed by atoms with Gasteiger partial charge in [0.15, 0.2) is 5.65 Å². The van der Waals surface area contributed by atoms with E-state index in [-0.39, 0.29) is 0 Å². The molecule has 0 bridgehead atoms. The van der Waals surface area contributed by atoms with Crippen molar-refractivity contribution in [2.24, 2.45) is 14.1 Å². The minimum Gasteiger partial charge on any atom is -0.275 e. The molecule has 5 aromatic heterocycles. The largest absolute Gasteiger partial charge is 0.275 e. The van der Waals surface area contributed by atoms with E-state index in [1.54, 1.807) is 20.1 Å². The van der Waals surface area contributed by atoms with Gasteiger partial charge < -0.3 is 0 Å². The number of aromatic nitrogens is 9. The van der Waals surface area contributed by atoms with E-state index < -0.39 is 0 Å². The zero-order valence-corrected chi connectivity index (χ0v) is 18.1. The second-order valence-corrected chi connectivity index (χ2v) is 8.50. The Balaban J connectivity index is 1.36.